The van der Waals surface area contributed by atoms with Gasteiger partial charge in [0.1, 0.15) is 24.4 Å². The van der Waals surface area contributed by atoms with Gasteiger partial charge in [-0.3, -0.25) is 9.59 Å². The molecule has 0 aliphatic rings. The molecule has 0 amide bonds. The highest BCUT2D eigenvalue weighted by Gasteiger charge is 2.33. The number of carboxylic acid groups (broad SMARTS) is 1. The van der Waals surface area contributed by atoms with E-state index in [4.69, 9.17) is 15.3 Å². The van der Waals surface area contributed by atoms with Crippen molar-refractivity contribution in [1.29, 1.82) is 0 Å². The average Bonchev–Trinajstić information content (AvgIpc) is 2.39. The van der Waals surface area contributed by atoms with E-state index in [9.17, 15) is 24.9 Å². The molecule has 19 heavy (non-hydrogen) atoms. The van der Waals surface area contributed by atoms with Crippen LogP contribution in [0.5, 0.6) is 0 Å². The van der Waals surface area contributed by atoms with Crippen LogP contribution in [0.3, 0.4) is 0 Å². The van der Waals surface area contributed by atoms with E-state index >= 15 is 0 Å². The van der Waals surface area contributed by atoms with E-state index in [2.05, 4.69) is 0 Å². The fraction of sp³-hybridized carbons (Fsp3) is 0.818. The molecule has 8 nitrogen and oxygen atoms in total. The first-order valence-electron chi connectivity index (χ1n) is 5.88. The molecule has 0 fully saturated rings. The number of carbonyl (C=O) groups is 2. The van der Waals surface area contributed by atoms with Crippen molar-refractivity contribution in [3.8, 4) is 0 Å². The minimum atomic E-state index is -1.91. The lowest BCUT2D eigenvalue weighted by Crippen LogP contribution is -2.48. The summed E-state index contributed by atoms with van der Waals surface area (Å²) in [5, 5.41) is 54.1. The van der Waals surface area contributed by atoms with Crippen molar-refractivity contribution >= 4 is 11.8 Å². The lowest BCUT2D eigenvalue weighted by atomic mass is 9.97. The largest absolute Gasteiger partial charge is 0.481 e. The number of hydrogen-bond acceptors (Lipinski definition) is 7. The van der Waals surface area contributed by atoms with Crippen molar-refractivity contribution in [3.63, 3.8) is 0 Å². The van der Waals surface area contributed by atoms with Gasteiger partial charge in [-0.1, -0.05) is 0 Å². The summed E-state index contributed by atoms with van der Waals surface area (Å²) in [7, 11) is 0. The van der Waals surface area contributed by atoms with E-state index in [1.165, 1.54) is 0 Å². The molecular weight excluding hydrogens is 260 g/mol. The quantitative estimate of drug-likeness (QED) is 0.243. The Balaban J connectivity index is 4.13. The van der Waals surface area contributed by atoms with Crippen molar-refractivity contribution in [1.82, 2.24) is 0 Å². The van der Waals surface area contributed by atoms with Gasteiger partial charge in [0.2, 0.25) is 0 Å². The number of rotatable bonds is 10. The number of Topliss-reactive ketones (excluding diaryl/α,β-unsaturated/α-hetero) is 1. The molecule has 6 N–H and O–H groups in total. The molecule has 0 radical (unpaired) electrons. The molecular formula is C11H20O8. The Bertz CT molecular complexity index is 292. The lowest BCUT2D eigenvalue weighted by Gasteiger charge is -2.24. The summed E-state index contributed by atoms with van der Waals surface area (Å²) in [5.74, 6) is -1.75. The summed E-state index contributed by atoms with van der Waals surface area (Å²) >= 11 is 0. The van der Waals surface area contributed by atoms with Gasteiger partial charge in [0, 0.05) is 12.8 Å². The molecule has 0 aromatic rings. The summed E-state index contributed by atoms with van der Waals surface area (Å²) in [5.41, 5.74) is 0. The Morgan fingerprint density at radius 2 is 1.42 bits per heavy atom. The number of unbranched alkanes of at least 4 members (excludes halogenated alkanes) is 1. The second kappa shape index (κ2) is 8.94. The molecule has 0 aromatic heterocycles. The molecule has 0 aliphatic carbocycles. The molecule has 0 rings (SSSR count). The van der Waals surface area contributed by atoms with Crippen molar-refractivity contribution in [2.45, 2.75) is 50.1 Å². The first-order chi connectivity index (χ1) is 8.81. The summed E-state index contributed by atoms with van der Waals surface area (Å²) in [6.45, 7) is -0.822. The Labute approximate surface area is 109 Å². The van der Waals surface area contributed by atoms with Crippen LogP contribution in [-0.4, -0.2) is 73.4 Å². The molecule has 4 atom stereocenters. The van der Waals surface area contributed by atoms with Crippen LogP contribution in [-0.2, 0) is 9.59 Å². The molecule has 8 heteroatoms. The first-order valence-corrected chi connectivity index (χ1v) is 5.88. The van der Waals surface area contributed by atoms with Crippen LogP contribution < -0.4 is 0 Å². The number of ketones is 1. The minimum absolute atomic E-state index is 0.0994. The second-order valence-corrected chi connectivity index (χ2v) is 4.24. The smallest absolute Gasteiger partial charge is 0.303 e. The van der Waals surface area contributed by atoms with Gasteiger partial charge < -0.3 is 30.6 Å². The predicted molar refractivity (Wildman–Crippen MR) is 62.2 cm³/mol. The number of aliphatic hydroxyl groups is 5. The Morgan fingerprint density at radius 3 is 1.89 bits per heavy atom. The van der Waals surface area contributed by atoms with Crippen molar-refractivity contribution < 1.29 is 40.2 Å². The van der Waals surface area contributed by atoms with Gasteiger partial charge in [-0.05, 0) is 12.8 Å². The minimum Gasteiger partial charge on any atom is -0.481 e. The lowest BCUT2D eigenvalue weighted by molar-refractivity contribution is -0.147. The van der Waals surface area contributed by atoms with Crippen LogP contribution in [0, 0.1) is 0 Å². The van der Waals surface area contributed by atoms with Crippen LogP contribution in [0.15, 0.2) is 0 Å². The Kier molecular flexibility index (Phi) is 8.44. The molecule has 112 valence electrons. The monoisotopic (exact) mass is 280 g/mol. The van der Waals surface area contributed by atoms with Gasteiger partial charge >= 0.3 is 5.97 Å². The SMILES string of the molecule is O=C(O)CCCCC(=O)C(O)C(O)C(O)C(O)CO. The summed E-state index contributed by atoms with van der Waals surface area (Å²) in [6, 6.07) is 0. The summed E-state index contributed by atoms with van der Waals surface area (Å²) < 4.78 is 0. The summed E-state index contributed by atoms with van der Waals surface area (Å²) in [6.07, 6.45) is -7.06. The van der Waals surface area contributed by atoms with E-state index in [1.807, 2.05) is 0 Å². The number of hydrogen-bond donors (Lipinski definition) is 6. The fourth-order valence-corrected chi connectivity index (χ4v) is 1.44. The maximum Gasteiger partial charge on any atom is 0.303 e. The third-order valence-electron chi connectivity index (χ3n) is 2.65. The van der Waals surface area contributed by atoms with Crippen LogP contribution in [0.1, 0.15) is 25.7 Å². The Morgan fingerprint density at radius 1 is 0.895 bits per heavy atom. The highest BCUT2D eigenvalue weighted by atomic mass is 16.4. The van der Waals surface area contributed by atoms with Crippen molar-refractivity contribution in [3.05, 3.63) is 0 Å². The standard InChI is InChI=1S/C11H20O8/c12-5-7(14)10(18)11(19)9(17)6(13)3-1-2-4-8(15)16/h7,9-12,14,17-19H,1-5H2,(H,15,16). The number of aliphatic hydroxyl groups excluding tert-OH is 5. The van der Waals surface area contributed by atoms with Crippen LogP contribution in [0.4, 0.5) is 0 Å². The predicted octanol–water partition coefficient (Wildman–Crippen LogP) is -2.36. The highest BCUT2D eigenvalue weighted by Crippen LogP contribution is 2.10. The fourth-order valence-electron chi connectivity index (χ4n) is 1.44. The van der Waals surface area contributed by atoms with Gasteiger partial charge in [-0.15, -0.1) is 0 Å². The van der Waals surface area contributed by atoms with Gasteiger partial charge in [0.25, 0.3) is 0 Å². The topological polar surface area (TPSA) is 156 Å². The molecule has 0 heterocycles. The molecule has 0 bridgehead atoms. The average molecular weight is 280 g/mol. The Hall–Kier alpha value is -1.06. The zero-order valence-corrected chi connectivity index (χ0v) is 10.3. The molecule has 0 aromatic carbocycles. The first kappa shape index (κ1) is 17.9. The van der Waals surface area contributed by atoms with Gasteiger partial charge in [0.05, 0.1) is 6.61 Å². The zero-order valence-electron chi connectivity index (χ0n) is 10.3. The highest BCUT2D eigenvalue weighted by molar-refractivity contribution is 5.83. The third-order valence-corrected chi connectivity index (χ3v) is 2.65. The zero-order chi connectivity index (χ0) is 15.0. The number of carboxylic acids is 1. The van der Waals surface area contributed by atoms with Gasteiger partial charge in [0.15, 0.2) is 5.78 Å². The van der Waals surface area contributed by atoms with Crippen LogP contribution >= 0.6 is 0 Å². The van der Waals surface area contributed by atoms with E-state index < -0.39 is 42.8 Å². The normalized spacial score (nSPS) is 17.5. The maximum absolute atomic E-state index is 11.4. The van der Waals surface area contributed by atoms with Crippen molar-refractivity contribution in [2.75, 3.05) is 6.61 Å². The third kappa shape index (κ3) is 6.60. The van der Waals surface area contributed by atoms with Gasteiger partial charge in [-0.2, -0.15) is 0 Å². The number of aliphatic carboxylic acids is 1. The molecule has 0 saturated carbocycles. The van der Waals surface area contributed by atoms with E-state index in [0.717, 1.165) is 0 Å². The van der Waals surface area contributed by atoms with E-state index in [0.29, 0.717) is 0 Å². The van der Waals surface area contributed by atoms with Crippen LogP contribution in [0.2, 0.25) is 0 Å². The number of carbonyl (C=O) groups excluding carboxylic acids is 1. The van der Waals surface area contributed by atoms with Crippen molar-refractivity contribution in [2.24, 2.45) is 0 Å². The van der Waals surface area contributed by atoms with Crippen LogP contribution in [0.25, 0.3) is 0 Å². The van der Waals surface area contributed by atoms with E-state index in [-0.39, 0.29) is 25.7 Å². The second-order valence-electron chi connectivity index (χ2n) is 4.24. The van der Waals surface area contributed by atoms with Gasteiger partial charge in [-0.25, -0.2) is 0 Å². The molecule has 4 unspecified atom stereocenters. The molecule has 0 aliphatic heterocycles. The molecule has 0 spiro atoms. The maximum atomic E-state index is 11.4. The molecule has 0 saturated heterocycles. The van der Waals surface area contributed by atoms with E-state index in [1.54, 1.807) is 0 Å². The summed E-state index contributed by atoms with van der Waals surface area (Å²) in [4.78, 5) is 21.7.